The van der Waals surface area contributed by atoms with E-state index in [4.69, 9.17) is 4.74 Å². The number of aliphatic imine (C=N–C) groups is 1. The molecule has 0 aliphatic carbocycles. The number of nitrogens with one attached hydrogen (secondary N) is 2. The van der Waals surface area contributed by atoms with Crippen LogP contribution in [0.4, 0.5) is 0 Å². The van der Waals surface area contributed by atoms with Crippen molar-refractivity contribution < 1.29 is 4.74 Å². The van der Waals surface area contributed by atoms with E-state index in [1.165, 1.54) is 11.3 Å². The topological polar surface area (TPSA) is 61.8 Å². The Bertz CT molecular complexity index is 511. The third kappa shape index (κ3) is 6.37. The van der Waals surface area contributed by atoms with Crippen LogP contribution >= 0.6 is 11.3 Å². The molecule has 1 aliphatic rings. The Morgan fingerprint density at radius 1 is 1.38 bits per heavy atom. The summed E-state index contributed by atoms with van der Waals surface area (Å²) in [5.41, 5.74) is 0. The maximum atomic E-state index is 5.49. The molecule has 1 fully saturated rings. The molecule has 6 nitrogen and oxygen atoms in total. The standard InChI is InChI=1S/C17H31N5OS/c1-13(2)9-15(22-5-7-23-8-6-22)10-20-17(18-4)21-12-16-11-19-14(3)24-16/h11,13,15H,5-10,12H2,1-4H3,(H2,18,20,21). The summed E-state index contributed by atoms with van der Waals surface area (Å²) in [6.07, 6.45) is 3.10. The van der Waals surface area contributed by atoms with Crippen LogP contribution in [0.1, 0.15) is 30.2 Å². The monoisotopic (exact) mass is 353 g/mol. The number of hydrogen-bond donors (Lipinski definition) is 2. The molecule has 1 aliphatic heterocycles. The first-order valence-electron chi connectivity index (χ1n) is 8.76. The smallest absolute Gasteiger partial charge is 0.191 e. The first-order valence-corrected chi connectivity index (χ1v) is 9.57. The summed E-state index contributed by atoms with van der Waals surface area (Å²) >= 11 is 1.72. The summed E-state index contributed by atoms with van der Waals surface area (Å²) in [6.45, 7) is 12.0. The second-order valence-electron chi connectivity index (χ2n) is 6.58. The predicted molar refractivity (Wildman–Crippen MR) is 101 cm³/mol. The Hall–Kier alpha value is -1.18. The molecule has 1 aromatic rings. The van der Waals surface area contributed by atoms with Crippen LogP contribution in [0.2, 0.25) is 0 Å². The zero-order valence-electron chi connectivity index (χ0n) is 15.3. The molecule has 24 heavy (non-hydrogen) atoms. The van der Waals surface area contributed by atoms with Crippen LogP contribution in [0.5, 0.6) is 0 Å². The van der Waals surface area contributed by atoms with E-state index in [2.05, 4.69) is 39.4 Å². The van der Waals surface area contributed by atoms with Crippen LogP contribution in [0.15, 0.2) is 11.2 Å². The van der Waals surface area contributed by atoms with Gasteiger partial charge in [-0.1, -0.05) is 13.8 Å². The Labute approximate surface area is 149 Å². The van der Waals surface area contributed by atoms with Crippen LogP contribution in [0, 0.1) is 12.8 Å². The van der Waals surface area contributed by atoms with E-state index < -0.39 is 0 Å². The van der Waals surface area contributed by atoms with Crippen molar-refractivity contribution >= 4 is 17.3 Å². The normalized spacial score (nSPS) is 18.0. The molecule has 1 saturated heterocycles. The molecule has 2 heterocycles. The van der Waals surface area contributed by atoms with Crippen LogP contribution in [0.25, 0.3) is 0 Å². The molecular weight excluding hydrogens is 322 g/mol. The van der Waals surface area contributed by atoms with Gasteiger partial charge in [-0.15, -0.1) is 11.3 Å². The van der Waals surface area contributed by atoms with E-state index in [1.807, 2.05) is 20.2 Å². The highest BCUT2D eigenvalue weighted by Gasteiger charge is 2.22. The number of ether oxygens (including phenoxy) is 1. The fourth-order valence-electron chi connectivity index (χ4n) is 2.94. The van der Waals surface area contributed by atoms with Gasteiger partial charge in [-0.3, -0.25) is 9.89 Å². The van der Waals surface area contributed by atoms with Gasteiger partial charge in [0.2, 0.25) is 0 Å². The quantitative estimate of drug-likeness (QED) is 0.579. The molecule has 0 saturated carbocycles. The summed E-state index contributed by atoms with van der Waals surface area (Å²) in [5, 5.41) is 7.96. The van der Waals surface area contributed by atoms with Gasteiger partial charge in [0.1, 0.15) is 0 Å². The first-order chi connectivity index (χ1) is 11.6. The maximum Gasteiger partial charge on any atom is 0.191 e. The van der Waals surface area contributed by atoms with Gasteiger partial charge in [0.25, 0.3) is 0 Å². The van der Waals surface area contributed by atoms with Crippen molar-refractivity contribution in [2.24, 2.45) is 10.9 Å². The molecule has 0 spiro atoms. The average Bonchev–Trinajstić information content (AvgIpc) is 2.99. The summed E-state index contributed by atoms with van der Waals surface area (Å²) in [7, 11) is 1.82. The summed E-state index contributed by atoms with van der Waals surface area (Å²) in [4.78, 5) is 12.4. The van der Waals surface area contributed by atoms with Crippen molar-refractivity contribution in [1.82, 2.24) is 20.5 Å². The van der Waals surface area contributed by atoms with Crippen molar-refractivity contribution in [2.45, 2.75) is 39.8 Å². The predicted octanol–water partition coefficient (Wildman–Crippen LogP) is 1.86. The molecule has 0 bridgehead atoms. The minimum atomic E-state index is 0.512. The van der Waals surface area contributed by atoms with Crippen LogP contribution in [-0.4, -0.2) is 61.8 Å². The zero-order chi connectivity index (χ0) is 17.4. The lowest BCUT2D eigenvalue weighted by atomic mass is 10.0. The van der Waals surface area contributed by atoms with Gasteiger partial charge in [0, 0.05) is 43.8 Å². The van der Waals surface area contributed by atoms with Gasteiger partial charge in [-0.25, -0.2) is 4.98 Å². The molecule has 0 aromatic carbocycles. The molecular formula is C17H31N5OS. The van der Waals surface area contributed by atoms with Gasteiger partial charge in [0.15, 0.2) is 5.96 Å². The van der Waals surface area contributed by atoms with Crippen molar-refractivity contribution in [3.63, 3.8) is 0 Å². The Kier molecular flexibility index (Phi) is 7.94. The molecule has 1 atom stereocenters. The van der Waals surface area contributed by atoms with Crippen LogP contribution < -0.4 is 10.6 Å². The fraction of sp³-hybridized carbons (Fsp3) is 0.765. The van der Waals surface area contributed by atoms with Gasteiger partial charge >= 0.3 is 0 Å². The number of hydrogen-bond acceptors (Lipinski definition) is 5. The van der Waals surface area contributed by atoms with E-state index in [9.17, 15) is 0 Å². The van der Waals surface area contributed by atoms with E-state index >= 15 is 0 Å². The Balaban J connectivity index is 1.83. The molecule has 136 valence electrons. The van der Waals surface area contributed by atoms with Gasteiger partial charge in [0.05, 0.1) is 24.8 Å². The van der Waals surface area contributed by atoms with E-state index in [0.29, 0.717) is 12.0 Å². The molecule has 1 unspecified atom stereocenters. The Morgan fingerprint density at radius 2 is 2.12 bits per heavy atom. The minimum absolute atomic E-state index is 0.512. The molecule has 1 aromatic heterocycles. The lowest BCUT2D eigenvalue weighted by Crippen LogP contribution is -2.50. The minimum Gasteiger partial charge on any atom is -0.379 e. The second kappa shape index (κ2) is 9.96. The molecule has 2 rings (SSSR count). The van der Waals surface area contributed by atoms with E-state index in [0.717, 1.165) is 50.4 Å². The zero-order valence-corrected chi connectivity index (χ0v) is 16.2. The van der Waals surface area contributed by atoms with Crippen LogP contribution in [-0.2, 0) is 11.3 Å². The maximum absolute atomic E-state index is 5.49. The molecule has 2 N–H and O–H groups in total. The average molecular weight is 354 g/mol. The number of thiazole rings is 1. The summed E-state index contributed by atoms with van der Waals surface area (Å²) < 4.78 is 5.49. The van der Waals surface area contributed by atoms with Crippen molar-refractivity contribution in [2.75, 3.05) is 39.9 Å². The largest absolute Gasteiger partial charge is 0.379 e. The number of guanidine groups is 1. The van der Waals surface area contributed by atoms with Gasteiger partial charge in [-0.2, -0.15) is 0 Å². The number of aromatic nitrogens is 1. The van der Waals surface area contributed by atoms with E-state index in [-0.39, 0.29) is 0 Å². The highest BCUT2D eigenvalue weighted by Crippen LogP contribution is 2.13. The highest BCUT2D eigenvalue weighted by molar-refractivity contribution is 7.11. The highest BCUT2D eigenvalue weighted by atomic mass is 32.1. The summed E-state index contributed by atoms with van der Waals surface area (Å²) in [5.74, 6) is 1.53. The molecule has 7 heteroatoms. The second-order valence-corrected chi connectivity index (χ2v) is 7.90. The SMILES string of the molecule is CN=C(NCc1cnc(C)s1)NCC(CC(C)C)N1CCOCC1. The molecule has 0 amide bonds. The van der Waals surface area contributed by atoms with Crippen molar-refractivity contribution in [1.29, 1.82) is 0 Å². The first kappa shape index (κ1) is 19.1. The third-order valence-corrected chi connectivity index (χ3v) is 5.05. The summed E-state index contributed by atoms with van der Waals surface area (Å²) in [6, 6.07) is 0.512. The van der Waals surface area contributed by atoms with Gasteiger partial charge < -0.3 is 15.4 Å². The number of aryl methyl sites for hydroxylation is 1. The third-order valence-electron chi connectivity index (χ3n) is 4.13. The van der Waals surface area contributed by atoms with Crippen molar-refractivity contribution in [3.8, 4) is 0 Å². The van der Waals surface area contributed by atoms with Gasteiger partial charge in [-0.05, 0) is 19.3 Å². The number of morpholine rings is 1. The fourth-order valence-corrected chi connectivity index (χ4v) is 3.68. The van der Waals surface area contributed by atoms with E-state index in [1.54, 1.807) is 11.3 Å². The lowest BCUT2D eigenvalue weighted by Gasteiger charge is -2.35. The van der Waals surface area contributed by atoms with Crippen molar-refractivity contribution in [3.05, 3.63) is 16.1 Å². The number of rotatable bonds is 7. The Morgan fingerprint density at radius 3 is 2.71 bits per heavy atom. The van der Waals surface area contributed by atoms with Crippen LogP contribution in [0.3, 0.4) is 0 Å². The number of nitrogens with zero attached hydrogens (tertiary/aromatic N) is 3. The lowest BCUT2D eigenvalue weighted by molar-refractivity contribution is 0.0132. The molecule has 0 radical (unpaired) electrons.